The van der Waals surface area contributed by atoms with Crippen molar-refractivity contribution >= 4 is 12.1 Å². The molecule has 1 unspecified atom stereocenters. The van der Waals surface area contributed by atoms with Gasteiger partial charge < -0.3 is 14.8 Å². The molecule has 15 heavy (non-hydrogen) atoms. The van der Waals surface area contributed by atoms with E-state index < -0.39 is 6.09 Å². The van der Waals surface area contributed by atoms with Gasteiger partial charge in [-0.1, -0.05) is 13.3 Å². The van der Waals surface area contributed by atoms with E-state index >= 15 is 0 Å². The Labute approximate surface area is 90.1 Å². The molecule has 0 saturated heterocycles. The molecule has 0 radical (unpaired) electrons. The van der Waals surface area contributed by atoms with E-state index in [0.717, 1.165) is 12.8 Å². The minimum Gasteiger partial charge on any atom is -0.469 e. The van der Waals surface area contributed by atoms with Crippen LogP contribution in [0.5, 0.6) is 0 Å². The summed E-state index contributed by atoms with van der Waals surface area (Å²) in [5, 5.41) is 2.54. The number of unbranched alkanes of at least 4 members (excludes halogenated alkanes) is 1. The number of esters is 1. The number of methoxy groups -OCH3 is 1. The summed E-state index contributed by atoms with van der Waals surface area (Å²) in [4.78, 5) is 22.0. The molecule has 5 nitrogen and oxygen atoms in total. The van der Waals surface area contributed by atoms with Crippen molar-refractivity contribution in [3.05, 3.63) is 0 Å². The molecule has 1 atom stereocenters. The van der Waals surface area contributed by atoms with Gasteiger partial charge >= 0.3 is 12.1 Å². The molecule has 0 rings (SSSR count). The lowest BCUT2D eigenvalue weighted by atomic mass is 10.2. The van der Waals surface area contributed by atoms with Crippen LogP contribution in [0.25, 0.3) is 0 Å². The summed E-state index contributed by atoms with van der Waals surface area (Å²) in [7, 11) is 1.31. The first-order valence-corrected chi connectivity index (χ1v) is 5.10. The molecule has 0 aromatic rings. The summed E-state index contributed by atoms with van der Waals surface area (Å²) in [6.07, 6.45) is 1.49. The van der Waals surface area contributed by atoms with Crippen molar-refractivity contribution in [2.24, 2.45) is 0 Å². The van der Waals surface area contributed by atoms with Gasteiger partial charge in [0.25, 0.3) is 0 Å². The Kier molecular flexibility index (Phi) is 7.40. The number of nitrogens with one attached hydrogen (secondary N) is 1. The number of carbonyl (C=O) groups excluding carboxylic acids is 2. The van der Waals surface area contributed by atoms with Crippen molar-refractivity contribution in [1.29, 1.82) is 0 Å². The van der Waals surface area contributed by atoms with E-state index in [1.54, 1.807) is 6.92 Å². The Morgan fingerprint density at radius 1 is 1.40 bits per heavy atom. The van der Waals surface area contributed by atoms with Crippen LogP contribution in [0.1, 0.15) is 33.1 Å². The molecule has 5 heteroatoms. The zero-order chi connectivity index (χ0) is 11.7. The third-order valence-electron chi connectivity index (χ3n) is 1.80. The molecule has 1 amide bonds. The molecule has 0 spiro atoms. The molecular formula is C10H19NO4. The van der Waals surface area contributed by atoms with Gasteiger partial charge in [0.15, 0.2) is 0 Å². The predicted octanol–water partition coefficient (Wildman–Crippen LogP) is 1.46. The van der Waals surface area contributed by atoms with Crippen LogP contribution in [0.2, 0.25) is 0 Å². The van der Waals surface area contributed by atoms with Crippen molar-refractivity contribution in [3.63, 3.8) is 0 Å². The summed E-state index contributed by atoms with van der Waals surface area (Å²) < 4.78 is 9.34. The molecule has 88 valence electrons. The van der Waals surface area contributed by atoms with E-state index in [4.69, 9.17) is 4.74 Å². The molecule has 0 heterocycles. The highest BCUT2D eigenvalue weighted by atomic mass is 16.5. The van der Waals surface area contributed by atoms with Crippen LogP contribution in [-0.2, 0) is 14.3 Å². The minimum absolute atomic E-state index is 0.152. The third kappa shape index (κ3) is 7.78. The van der Waals surface area contributed by atoms with Crippen LogP contribution in [-0.4, -0.2) is 31.8 Å². The van der Waals surface area contributed by atoms with Crippen molar-refractivity contribution in [3.8, 4) is 0 Å². The molecule has 0 aliphatic carbocycles. The zero-order valence-corrected chi connectivity index (χ0v) is 9.54. The maximum Gasteiger partial charge on any atom is 0.407 e. The van der Waals surface area contributed by atoms with E-state index in [0.29, 0.717) is 6.61 Å². The first kappa shape index (κ1) is 13.7. The smallest absolute Gasteiger partial charge is 0.407 e. The van der Waals surface area contributed by atoms with Crippen molar-refractivity contribution in [2.75, 3.05) is 13.7 Å². The summed E-state index contributed by atoms with van der Waals surface area (Å²) in [6, 6.07) is -0.272. The van der Waals surface area contributed by atoms with E-state index in [1.807, 2.05) is 6.92 Å². The van der Waals surface area contributed by atoms with Gasteiger partial charge in [-0.2, -0.15) is 0 Å². The maximum atomic E-state index is 11.1. The Bertz CT molecular complexity index is 206. The Balaban J connectivity index is 3.62. The molecule has 0 aliphatic heterocycles. The molecule has 0 aromatic carbocycles. The predicted molar refractivity (Wildman–Crippen MR) is 55.5 cm³/mol. The molecule has 0 saturated carbocycles. The Hall–Kier alpha value is -1.26. The summed E-state index contributed by atoms with van der Waals surface area (Å²) in [5.41, 5.74) is 0. The fourth-order valence-corrected chi connectivity index (χ4v) is 0.936. The Morgan fingerprint density at radius 2 is 2.07 bits per heavy atom. The minimum atomic E-state index is -0.486. The van der Waals surface area contributed by atoms with Crippen LogP contribution < -0.4 is 5.32 Å². The van der Waals surface area contributed by atoms with Crippen LogP contribution in [0.15, 0.2) is 0 Å². The average Bonchev–Trinajstić information content (AvgIpc) is 2.17. The summed E-state index contributed by atoms with van der Waals surface area (Å²) in [6.45, 7) is 4.15. The Morgan fingerprint density at radius 3 is 2.60 bits per heavy atom. The second-order valence-electron chi connectivity index (χ2n) is 3.32. The zero-order valence-electron chi connectivity index (χ0n) is 9.54. The van der Waals surface area contributed by atoms with Gasteiger partial charge in [-0.15, -0.1) is 0 Å². The first-order valence-electron chi connectivity index (χ1n) is 5.10. The lowest BCUT2D eigenvalue weighted by Gasteiger charge is -2.12. The van der Waals surface area contributed by atoms with Gasteiger partial charge in [0.2, 0.25) is 0 Å². The van der Waals surface area contributed by atoms with Gasteiger partial charge in [-0.25, -0.2) is 4.79 Å². The van der Waals surface area contributed by atoms with E-state index in [2.05, 4.69) is 10.1 Å². The number of ether oxygens (including phenoxy) is 2. The molecule has 0 aliphatic rings. The normalized spacial score (nSPS) is 11.7. The van der Waals surface area contributed by atoms with Gasteiger partial charge in [-0.3, -0.25) is 4.79 Å². The fraction of sp³-hybridized carbons (Fsp3) is 0.800. The lowest BCUT2D eigenvalue weighted by Crippen LogP contribution is -2.35. The highest BCUT2D eigenvalue weighted by Gasteiger charge is 2.12. The first-order chi connectivity index (χ1) is 7.10. The van der Waals surface area contributed by atoms with E-state index in [9.17, 15) is 9.59 Å². The van der Waals surface area contributed by atoms with Crippen LogP contribution in [0.4, 0.5) is 4.79 Å². The second kappa shape index (κ2) is 8.08. The van der Waals surface area contributed by atoms with Crippen LogP contribution >= 0.6 is 0 Å². The molecular weight excluding hydrogens is 198 g/mol. The molecule has 0 aromatic heterocycles. The number of amides is 1. The van der Waals surface area contributed by atoms with Gasteiger partial charge in [0.05, 0.1) is 20.1 Å². The van der Waals surface area contributed by atoms with E-state index in [1.165, 1.54) is 7.11 Å². The van der Waals surface area contributed by atoms with Gasteiger partial charge in [0.1, 0.15) is 0 Å². The third-order valence-corrected chi connectivity index (χ3v) is 1.80. The number of alkyl carbamates (subject to hydrolysis) is 1. The fourth-order valence-electron chi connectivity index (χ4n) is 0.936. The topological polar surface area (TPSA) is 64.6 Å². The number of carbonyl (C=O) groups is 2. The van der Waals surface area contributed by atoms with E-state index in [-0.39, 0.29) is 18.4 Å². The lowest BCUT2D eigenvalue weighted by molar-refractivity contribution is -0.141. The van der Waals surface area contributed by atoms with Crippen molar-refractivity contribution in [2.45, 2.75) is 39.2 Å². The molecule has 0 fully saturated rings. The SMILES string of the molecule is CCCCOC(=O)NC(C)CC(=O)OC. The van der Waals surface area contributed by atoms with Crippen LogP contribution in [0.3, 0.4) is 0 Å². The number of hydrogen-bond donors (Lipinski definition) is 1. The van der Waals surface area contributed by atoms with Crippen molar-refractivity contribution < 1.29 is 19.1 Å². The average molecular weight is 217 g/mol. The quantitative estimate of drug-likeness (QED) is 0.540. The second-order valence-corrected chi connectivity index (χ2v) is 3.32. The standard InChI is InChI=1S/C10H19NO4/c1-4-5-6-15-10(13)11-8(2)7-9(12)14-3/h8H,4-7H2,1-3H3,(H,11,13). The monoisotopic (exact) mass is 217 g/mol. The largest absolute Gasteiger partial charge is 0.469 e. The maximum absolute atomic E-state index is 11.1. The molecule has 1 N–H and O–H groups in total. The van der Waals surface area contributed by atoms with Crippen molar-refractivity contribution in [1.82, 2.24) is 5.32 Å². The number of hydrogen-bond acceptors (Lipinski definition) is 4. The van der Waals surface area contributed by atoms with Crippen LogP contribution in [0, 0.1) is 0 Å². The molecule has 0 bridgehead atoms. The summed E-state index contributed by atoms with van der Waals surface area (Å²) >= 11 is 0. The van der Waals surface area contributed by atoms with Gasteiger partial charge in [0, 0.05) is 6.04 Å². The number of rotatable bonds is 6. The highest BCUT2D eigenvalue weighted by molar-refractivity contribution is 5.72. The summed E-state index contributed by atoms with van der Waals surface area (Å²) in [5.74, 6) is -0.351. The van der Waals surface area contributed by atoms with Gasteiger partial charge in [-0.05, 0) is 13.3 Å². The highest BCUT2D eigenvalue weighted by Crippen LogP contribution is 1.95.